The minimum Gasteiger partial charge on any atom is -0.481 e. The first kappa shape index (κ1) is 17.3. The Balaban J connectivity index is 4.44. The van der Waals surface area contributed by atoms with Gasteiger partial charge in [0.25, 0.3) is 0 Å². The van der Waals surface area contributed by atoms with Crippen molar-refractivity contribution in [2.75, 3.05) is 19.6 Å². The van der Waals surface area contributed by atoms with E-state index in [1.54, 1.807) is 0 Å². The van der Waals surface area contributed by atoms with Gasteiger partial charge in [0.2, 0.25) is 0 Å². The molecule has 5 heteroatoms. The molecule has 0 spiro atoms. The average Bonchev–Trinajstić information content (AvgIpc) is 2.29. The third-order valence-electron chi connectivity index (χ3n) is 2.66. The molecule has 1 atom stereocenters. The van der Waals surface area contributed by atoms with Gasteiger partial charge in [-0.3, -0.25) is 4.79 Å². The van der Waals surface area contributed by atoms with Gasteiger partial charge in [0, 0.05) is 13.1 Å². The second-order valence-electron chi connectivity index (χ2n) is 5.70. The molecule has 0 aliphatic carbocycles. The number of amides is 2. The third kappa shape index (κ3) is 7.35. The molecule has 108 valence electrons. The Hall–Kier alpha value is -1.70. The molecule has 0 saturated carbocycles. The molecule has 0 bridgehead atoms. The summed E-state index contributed by atoms with van der Waals surface area (Å²) in [4.78, 5) is 24.4. The summed E-state index contributed by atoms with van der Waals surface area (Å²) in [7, 11) is 0. The summed E-state index contributed by atoms with van der Waals surface area (Å²) in [5.41, 5.74) is -0.100. The van der Waals surface area contributed by atoms with Crippen LogP contribution in [0.3, 0.4) is 0 Å². The molecule has 0 aliphatic heterocycles. The van der Waals surface area contributed by atoms with Crippen molar-refractivity contribution in [1.29, 1.82) is 0 Å². The highest BCUT2D eigenvalue weighted by Crippen LogP contribution is 2.24. The fourth-order valence-corrected chi connectivity index (χ4v) is 1.75. The van der Waals surface area contributed by atoms with E-state index in [2.05, 4.69) is 11.2 Å². The highest BCUT2D eigenvalue weighted by atomic mass is 16.4. The molecular weight excluding hydrogens is 244 g/mol. The number of hydrogen-bond donors (Lipinski definition) is 2. The van der Waals surface area contributed by atoms with Gasteiger partial charge in [-0.2, -0.15) is 0 Å². The van der Waals surface area contributed by atoms with E-state index in [9.17, 15) is 9.59 Å². The van der Waals surface area contributed by atoms with E-state index < -0.39 is 11.9 Å². The Bertz CT molecular complexity index is 353. The largest absolute Gasteiger partial charge is 0.481 e. The summed E-state index contributed by atoms with van der Waals surface area (Å²) < 4.78 is 0. The zero-order chi connectivity index (χ0) is 15.1. The Morgan fingerprint density at radius 2 is 2.00 bits per heavy atom. The smallest absolute Gasteiger partial charge is 0.318 e. The molecule has 0 heterocycles. The molecule has 1 unspecified atom stereocenters. The van der Waals surface area contributed by atoms with Gasteiger partial charge in [0.15, 0.2) is 0 Å². The first-order valence-corrected chi connectivity index (χ1v) is 6.40. The standard InChI is InChI=1S/C14H24N2O3/c1-6-8-16(7-2)13(19)15-10-11(12(17)18)9-14(3,4)5/h1,11H,7-10H2,2-5H3,(H,15,19)(H,17,18). The fourth-order valence-electron chi connectivity index (χ4n) is 1.75. The number of urea groups is 1. The van der Waals surface area contributed by atoms with Gasteiger partial charge < -0.3 is 15.3 Å². The van der Waals surface area contributed by atoms with Crippen molar-refractivity contribution < 1.29 is 14.7 Å². The minimum atomic E-state index is -0.893. The number of aliphatic carboxylic acids is 1. The summed E-state index contributed by atoms with van der Waals surface area (Å²) in [5, 5.41) is 11.8. The topological polar surface area (TPSA) is 69.6 Å². The number of nitrogens with one attached hydrogen (secondary N) is 1. The van der Waals surface area contributed by atoms with E-state index in [0.717, 1.165) is 0 Å². The molecule has 19 heavy (non-hydrogen) atoms. The highest BCUT2D eigenvalue weighted by molar-refractivity contribution is 5.76. The van der Waals surface area contributed by atoms with Gasteiger partial charge in [0.1, 0.15) is 0 Å². The third-order valence-corrected chi connectivity index (χ3v) is 2.66. The minimum absolute atomic E-state index is 0.100. The number of nitrogens with zero attached hydrogens (tertiary/aromatic N) is 1. The highest BCUT2D eigenvalue weighted by Gasteiger charge is 2.25. The van der Waals surface area contributed by atoms with Crippen molar-refractivity contribution in [1.82, 2.24) is 10.2 Å². The monoisotopic (exact) mass is 268 g/mol. The zero-order valence-corrected chi connectivity index (χ0v) is 12.2. The fraction of sp³-hybridized carbons (Fsp3) is 0.714. The van der Waals surface area contributed by atoms with Crippen molar-refractivity contribution in [3.8, 4) is 12.3 Å². The molecule has 0 fully saturated rings. The molecule has 0 saturated heterocycles. The molecule has 2 amide bonds. The number of carbonyl (C=O) groups excluding carboxylic acids is 1. The van der Waals surface area contributed by atoms with Crippen molar-refractivity contribution in [2.24, 2.45) is 11.3 Å². The van der Waals surface area contributed by atoms with Crippen LogP contribution in [-0.2, 0) is 4.79 Å². The molecule has 0 radical (unpaired) electrons. The normalized spacial score (nSPS) is 12.4. The lowest BCUT2D eigenvalue weighted by Gasteiger charge is -2.25. The Morgan fingerprint density at radius 1 is 1.42 bits per heavy atom. The second-order valence-corrected chi connectivity index (χ2v) is 5.70. The number of carboxylic acids is 1. The van der Waals surface area contributed by atoms with E-state index in [1.807, 2.05) is 27.7 Å². The molecule has 0 aromatic carbocycles. The van der Waals surface area contributed by atoms with E-state index in [1.165, 1.54) is 4.90 Å². The molecule has 5 nitrogen and oxygen atoms in total. The molecule has 0 aliphatic rings. The van der Waals surface area contributed by atoms with E-state index in [0.29, 0.717) is 13.0 Å². The predicted octanol–water partition coefficient (Wildman–Crippen LogP) is 1.79. The summed E-state index contributed by atoms with van der Waals surface area (Å²) in [6, 6.07) is -0.319. The van der Waals surface area contributed by atoms with Crippen LogP contribution in [-0.4, -0.2) is 41.6 Å². The molecule has 2 N–H and O–H groups in total. The van der Waals surface area contributed by atoms with Crippen LogP contribution >= 0.6 is 0 Å². The predicted molar refractivity (Wildman–Crippen MR) is 74.7 cm³/mol. The van der Waals surface area contributed by atoms with Crippen LogP contribution < -0.4 is 5.32 Å². The van der Waals surface area contributed by atoms with Crippen molar-refractivity contribution in [2.45, 2.75) is 34.1 Å². The van der Waals surface area contributed by atoms with E-state index >= 15 is 0 Å². The maximum atomic E-state index is 11.8. The summed E-state index contributed by atoms with van der Waals surface area (Å²) in [6.07, 6.45) is 5.67. The first-order chi connectivity index (χ1) is 8.71. The van der Waals surface area contributed by atoms with E-state index in [4.69, 9.17) is 11.5 Å². The van der Waals surface area contributed by atoms with Gasteiger partial charge in [-0.15, -0.1) is 6.42 Å². The van der Waals surface area contributed by atoms with Gasteiger partial charge >= 0.3 is 12.0 Å². The average molecular weight is 268 g/mol. The Labute approximate surface area is 115 Å². The molecular formula is C14H24N2O3. The van der Waals surface area contributed by atoms with Crippen molar-refractivity contribution >= 4 is 12.0 Å². The number of carbonyl (C=O) groups is 2. The quantitative estimate of drug-likeness (QED) is 0.722. The maximum Gasteiger partial charge on any atom is 0.318 e. The van der Waals surface area contributed by atoms with Crippen LogP contribution in [0.15, 0.2) is 0 Å². The van der Waals surface area contributed by atoms with Crippen LogP contribution in [0.5, 0.6) is 0 Å². The number of rotatable bonds is 6. The molecule has 0 aromatic heterocycles. The van der Waals surface area contributed by atoms with Crippen LogP contribution in [0.1, 0.15) is 34.1 Å². The van der Waals surface area contributed by atoms with Gasteiger partial charge in [-0.25, -0.2) is 4.79 Å². The van der Waals surface area contributed by atoms with Crippen LogP contribution in [0.2, 0.25) is 0 Å². The lowest BCUT2D eigenvalue weighted by atomic mass is 9.84. The summed E-state index contributed by atoms with van der Waals surface area (Å²) >= 11 is 0. The number of hydrogen-bond acceptors (Lipinski definition) is 2. The second kappa shape index (κ2) is 7.67. The van der Waals surface area contributed by atoms with E-state index in [-0.39, 0.29) is 24.5 Å². The zero-order valence-electron chi connectivity index (χ0n) is 12.2. The Morgan fingerprint density at radius 3 is 2.37 bits per heavy atom. The van der Waals surface area contributed by atoms with Crippen LogP contribution in [0.25, 0.3) is 0 Å². The number of terminal acetylenes is 1. The summed E-state index contributed by atoms with van der Waals surface area (Å²) in [6.45, 7) is 8.57. The van der Waals surface area contributed by atoms with Crippen LogP contribution in [0.4, 0.5) is 4.79 Å². The van der Waals surface area contributed by atoms with Crippen molar-refractivity contribution in [3.63, 3.8) is 0 Å². The Kier molecular flexibility index (Phi) is 6.99. The molecule has 0 rings (SSSR count). The summed E-state index contributed by atoms with van der Waals surface area (Å²) in [5.74, 6) is 0.914. The maximum absolute atomic E-state index is 11.8. The van der Waals surface area contributed by atoms with Crippen molar-refractivity contribution in [3.05, 3.63) is 0 Å². The SMILES string of the molecule is C#CCN(CC)C(=O)NCC(CC(C)(C)C)C(=O)O. The van der Waals surface area contributed by atoms with Gasteiger partial charge in [-0.05, 0) is 18.8 Å². The number of carboxylic acid groups (broad SMARTS) is 1. The lowest BCUT2D eigenvalue weighted by Crippen LogP contribution is -2.43. The molecule has 0 aromatic rings. The lowest BCUT2D eigenvalue weighted by molar-refractivity contribution is -0.142. The van der Waals surface area contributed by atoms with Crippen LogP contribution in [0, 0.1) is 23.7 Å². The van der Waals surface area contributed by atoms with Gasteiger partial charge in [-0.1, -0.05) is 26.7 Å². The van der Waals surface area contributed by atoms with Gasteiger partial charge in [0.05, 0.1) is 12.5 Å². The first-order valence-electron chi connectivity index (χ1n) is 6.40.